The number of likely N-dealkylation sites (N-methyl/N-ethyl adjacent to an activating group) is 1. The second-order valence-corrected chi connectivity index (χ2v) is 4.68. The Balaban J connectivity index is 2.10. The van der Waals surface area contributed by atoms with Gasteiger partial charge in [0.2, 0.25) is 0 Å². The summed E-state index contributed by atoms with van der Waals surface area (Å²) in [4.78, 5) is 14.2. The molecule has 1 aliphatic rings. The number of nitrogens with zero attached hydrogens (tertiary/aromatic N) is 1. The summed E-state index contributed by atoms with van der Waals surface area (Å²) in [6.45, 7) is 2.59. The Bertz CT molecular complexity index is 688. The number of anilines is 1. The number of hydrogen-bond acceptors (Lipinski definition) is 1. The molecule has 2 aromatic carbocycles. The van der Waals surface area contributed by atoms with Crippen molar-refractivity contribution in [3.8, 4) is 0 Å². The third-order valence-electron chi connectivity index (χ3n) is 3.46. The van der Waals surface area contributed by atoms with Crippen LogP contribution in [0.2, 0.25) is 0 Å². The van der Waals surface area contributed by atoms with E-state index in [-0.39, 0.29) is 11.7 Å². The third-order valence-corrected chi connectivity index (χ3v) is 3.46. The number of para-hydroxylation sites is 1. The smallest absolute Gasteiger partial charge is 0.258 e. The molecular formula is C17H14FNO. The van der Waals surface area contributed by atoms with E-state index in [4.69, 9.17) is 0 Å². The van der Waals surface area contributed by atoms with Gasteiger partial charge in [0.1, 0.15) is 5.82 Å². The van der Waals surface area contributed by atoms with Gasteiger partial charge in [0.05, 0.1) is 5.69 Å². The van der Waals surface area contributed by atoms with Crippen LogP contribution in [0.5, 0.6) is 0 Å². The van der Waals surface area contributed by atoms with Crippen LogP contribution >= 0.6 is 0 Å². The Labute approximate surface area is 117 Å². The van der Waals surface area contributed by atoms with E-state index < -0.39 is 0 Å². The zero-order chi connectivity index (χ0) is 14.1. The maximum Gasteiger partial charge on any atom is 0.258 e. The van der Waals surface area contributed by atoms with Crippen LogP contribution < -0.4 is 4.90 Å². The largest absolute Gasteiger partial charge is 0.308 e. The molecule has 0 saturated carbocycles. The van der Waals surface area contributed by atoms with Crippen molar-refractivity contribution in [2.24, 2.45) is 0 Å². The standard InChI is InChI=1S/C17H14FNO/c1-2-19-16-6-4-3-5-14(16)15(17(19)20)11-12-7-9-13(18)10-8-12/h3-11H,2H2,1H3/b15-11+. The minimum atomic E-state index is -0.277. The van der Waals surface area contributed by atoms with Crippen molar-refractivity contribution >= 4 is 23.2 Å². The van der Waals surface area contributed by atoms with Gasteiger partial charge in [0.25, 0.3) is 5.91 Å². The number of carbonyl (C=O) groups is 1. The van der Waals surface area contributed by atoms with Gasteiger partial charge in [-0.3, -0.25) is 4.79 Å². The van der Waals surface area contributed by atoms with Crippen molar-refractivity contribution in [2.45, 2.75) is 6.92 Å². The van der Waals surface area contributed by atoms with Crippen LogP contribution in [0.4, 0.5) is 10.1 Å². The molecule has 2 nitrogen and oxygen atoms in total. The summed E-state index contributed by atoms with van der Waals surface area (Å²) in [7, 11) is 0. The normalized spacial score (nSPS) is 15.8. The second-order valence-electron chi connectivity index (χ2n) is 4.68. The molecule has 0 radical (unpaired) electrons. The van der Waals surface area contributed by atoms with E-state index in [1.165, 1.54) is 12.1 Å². The van der Waals surface area contributed by atoms with E-state index in [1.54, 1.807) is 17.0 Å². The lowest BCUT2D eigenvalue weighted by atomic mass is 10.0. The summed E-state index contributed by atoms with van der Waals surface area (Å²) < 4.78 is 12.9. The van der Waals surface area contributed by atoms with Gasteiger partial charge in [0, 0.05) is 17.7 Å². The van der Waals surface area contributed by atoms with Gasteiger partial charge in [-0.05, 0) is 36.8 Å². The summed E-state index contributed by atoms with van der Waals surface area (Å²) in [6, 6.07) is 13.9. The maximum absolute atomic E-state index is 12.9. The quantitative estimate of drug-likeness (QED) is 0.759. The number of fused-ring (bicyclic) bond motifs is 1. The summed E-state index contributed by atoms with van der Waals surface area (Å²) >= 11 is 0. The maximum atomic E-state index is 12.9. The minimum absolute atomic E-state index is 0.00183. The molecule has 1 amide bonds. The average Bonchev–Trinajstić information content (AvgIpc) is 2.74. The summed E-state index contributed by atoms with van der Waals surface area (Å²) in [5, 5.41) is 0. The second kappa shape index (κ2) is 4.93. The van der Waals surface area contributed by atoms with Gasteiger partial charge >= 0.3 is 0 Å². The Morgan fingerprint density at radius 2 is 1.80 bits per heavy atom. The van der Waals surface area contributed by atoms with E-state index in [0.717, 1.165) is 16.8 Å². The monoisotopic (exact) mass is 267 g/mol. The SMILES string of the molecule is CCN1C(=O)/C(=C/c2ccc(F)cc2)c2ccccc21. The molecule has 20 heavy (non-hydrogen) atoms. The first kappa shape index (κ1) is 12.6. The van der Waals surface area contributed by atoms with Crippen LogP contribution in [0.3, 0.4) is 0 Å². The molecular weight excluding hydrogens is 253 g/mol. The zero-order valence-corrected chi connectivity index (χ0v) is 11.1. The minimum Gasteiger partial charge on any atom is -0.308 e. The molecule has 0 atom stereocenters. The molecule has 0 fully saturated rings. The molecule has 0 unspecified atom stereocenters. The van der Waals surface area contributed by atoms with E-state index in [1.807, 2.05) is 37.3 Å². The summed E-state index contributed by atoms with van der Waals surface area (Å²) in [5.41, 5.74) is 3.36. The predicted molar refractivity (Wildman–Crippen MR) is 78.7 cm³/mol. The first-order chi connectivity index (χ1) is 9.70. The topological polar surface area (TPSA) is 20.3 Å². The van der Waals surface area contributed by atoms with Crippen LogP contribution in [0, 0.1) is 5.82 Å². The Morgan fingerprint density at radius 3 is 2.50 bits per heavy atom. The zero-order valence-electron chi connectivity index (χ0n) is 11.1. The molecule has 0 aromatic heterocycles. The molecule has 0 N–H and O–H groups in total. The first-order valence-corrected chi connectivity index (χ1v) is 6.59. The lowest BCUT2D eigenvalue weighted by Crippen LogP contribution is -2.25. The molecule has 0 aliphatic carbocycles. The Hall–Kier alpha value is -2.42. The summed E-state index contributed by atoms with van der Waals surface area (Å²) in [5.74, 6) is -0.279. The van der Waals surface area contributed by atoms with Gasteiger partial charge in [-0.1, -0.05) is 30.3 Å². The number of hydrogen-bond donors (Lipinski definition) is 0. The molecule has 3 heteroatoms. The van der Waals surface area contributed by atoms with Crippen molar-refractivity contribution in [3.63, 3.8) is 0 Å². The first-order valence-electron chi connectivity index (χ1n) is 6.59. The highest BCUT2D eigenvalue weighted by Gasteiger charge is 2.30. The van der Waals surface area contributed by atoms with Crippen LogP contribution in [0.1, 0.15) is 18.1 Å². The number of halogens is 1. The molecule has 0 saturated heterocycles. The Kier molecular flexibility index (Phi) is 3.11. The molecule has 0 spiro atoms. The highest BCUT2D eigenvalue weighted by atomic mass is 19.1. The third kappa shape index (κ3) is 2.01. The molecule has 1 aliphatic heterocycles. The van der Waals surface area contributed by atoms with Crippen LogP contribution in [0.25, 0.3) is 11.6 Å². The fraction of sp³-hybridized carbons (Fsp3) is 0.118. The van der Waals surface area contributed by atoms with E-state index >= 15 is 0 Å². The van der Waals surface area contributed by atoms with Crippen LogP contribution in [-0.4, -0.2) is 12.5 Å². The number of rotatable bonds is 2. The van der Waals surface area contributed by atoms with E-state index in [9.17, 15) is 9.18 Å². The number of benzene rings is 2. The fourth-order valence-corrected chi connectivity index (χ4v) is 2.49. The van der Waals surface area contributed by atoms with E-state index in [2.05, 4.69) is 0 Å². The number of carbonyl (C=O) groups excluding carboxylic acids is 1. The molecule has 2 aromatic rings. The summed E-state index contributed by atoms with van der Waals surface area (Å²) in [6.07, 6.45) is 1.82. The van der Waals surface area contributed by atoms with Gasteiger partial charge in [-0.15, -0.1) is 0 Å². The van der Waals surface area contributed by atoms with Crippen molar-refractivity contribution in [1.82, 2.24) is 0 Å². The van der Waals surface area contributed by atoms with Crippen molar-refractivity contribution in [2.75, 3.05) is 11.4 Å². The lowest BCUT2D eigenvalue weighted by molar-refractivity contribution is -0.112. The molecule has 1 heterocycles. The van der Waals surface area contributed by atoms with Gasteiger partial charge in [-0.25, -0.2) is 4.39 Å². The van der Waals surface area contributed by atoms with Gasteiger partial charge < -0.3 is 4.90 Å². The molecule has 3 rings (SSSR count). The van der Waals surface area contributed by atoms with Crippen molar-refractivity contribution in [1.29, 1.82) is 0 Å². The van der Waals surface area contributed by atoms with E-state index in [0.29, 0.717) is 12.1 Å². The predicted octanol–water partition coefficient (Wildman–Crippen LogP) is 3.73. The van der Waals surface area contributed by atoms with Crippen molar-refractivity contribution in [3.05, 3.63) is 65.5 Å². The Morgan fingerprint density at radius 1 is 1.10 bits per heavy atom. The van der Waals surface area contributed by atoms with Crippen molar-refractivity contribution < 1.29 is 9.18 Å². The molecule has 0 bridgehead atoms. The highest BCUT2D eigenvalue weighted by Crippen LogP contribution is 2.37. The average molecular weight is 267 g/mol. The number of amides is 1. The lowest BCUT2D eigenvalue weighted by Gasteiger charge is -2.13. The van der Waals surface area contributed by atoms with Gasteiger partial charge in [0.15, 0.2) is 0 Å². The van der Waals surface area contributed by atoms with Gasteiger partial charge in [-0.2, -0.15) is 0 Å². The molecule has 100 valence electrons. The highest BCUT2D eigenvalue weighted by molar-refractivity contribution is 6.35. The van der Waals surface area contributed by atoms with Crippen LogP contribution in [0.15, 0.2) is 48.5 Å². The fourth-order valence-electron chi connectivity index (χ4n) is 2.49. The van der Waals surface area contributed by atoms with Crippen LogP contribution in [-0.2, 0) is 4.79 Å².